The Balaban J connectivity index is 3.08. The van der Waals surface area contributed by atoms with Gasteiger partial charge in [-0.3, -0.25) is 4.79 Å². The zero-order valence-electron chi connectivity index (χ0n) is 7.33. The summed E-state index contributed by atoms with van der Waals surface area (Å²) in [6.07, 6.45) is 0.885. The van der Waals surface area contributed by atoms with Gasteiger partial charge >= 0.3 is 0 Å². The first-order valence-corrected chi connectivity index (χ1v) is 3.98. The molecule has 0 unspecified atom stereocenters. The van der Waals surface area contributed by atoms with Crippen molar-refractivity contribution in [3.05, 3.63) is 29.3 Å². The highest BCUT2D eigenvalue weighted by Crippen LogP contribution is 2.21. The third kappa shape index (κ3) is 1.64. The van der Waals surface area contributed by atoms with Gasteiger partial charge in [0.1, 0.15) is 5.75 Å². The molecular weight excluding hydrogens is 152 g/mol. The molecule has 0 fully saturated rings. The van der Waals surface area contributed by atoms with Crippen molar-refractivity contribution in [2.24, 2.45) is 0 Å². The number of rotatable bonds is 3. The van der Waals surface area contributed by atoms with E-state index in [1.54, 1.807) is 6.07 Å². The summed E-state index contributed by atoms with van der Waals surface area (Å²) < 4.78 is 4.83. The van der Waals surface area contributed by atoms with E-state index in [2.05, 4.69) is 0 Å². The van der Waals surface area contributed by atoms with Crippen molar-refractivity contribution < 1.29 is 9.53 Å². The van der Waals surface area contributed by atoms with Crippen LogP contribution in [0, 0.1) is 6.92 Å². The van der Waals surface area contributed by atoms with E-state index in [4.69, 9.17) is 4.74 Å². The first-order chi connectivity index (χ1) is 5.79. The molecule has 64 valence electrons. The fraction of sp³-hybridized carbons (Fsp3) is 0.300. The molecule has 2 heteroatoms. The quantitative estimate of drug-likeness (QED) is 0.639. The SMILES string of the molecule is CCc1c(C)cccc1OC=O. The topological polar surface area (TPSA) is 26.3 Å². The van der Waals surface area contributed by atoms with E-state index in [0.717, 1.165) is 17.5 Å². The van der Waals surface area contributed by atoms with Crippen LogP contribution < -0.4 is 4.74 Å². The number of carbonyl (C=O) groups excluding carboxylic acids is 1. The Labute approximate surface area is 72.2 Å². The maximum Gasteiger partial charge on any atom is 0.298 e. The maximum absolute atomic E-state index is 10.1. The van der Waals surface area contributed by atoms with Gasteiger partial charge in [0.15, 0.2) is 0 Å². The summed E-state index contributed by atoms with van der Waals surface area (Å²) in [4.78, 5) is 10.1. The van der Waals surface area contributed by atoms with Crippen LogP contribution in [0.15, 0.2) is 18.2 Å². The van der Waals surface area contributed by atoms with Crippen LogP contribution >= 0.6 is 0 Å². The average Bonchev–Trinajstić information content (AvgIpc) is 2.05. The maximum atomic E-state index is 10.1. The van der Waals surface area contributed by atoms with E-state index in [1.807, 2.05) is 26.0 Å². The zero-order valence-corrected chi connectivity index (χ0v) is 7.33. The lowest BCUT2D eigenvalue weighted by molar-refractivity contribution is -0.120. The van der Waals surface area contributed by atoms with Crippen molar-refractivity contribution in [2.75, 3.05) is 0 Å². The van der Waals surface area contributed by atoms with Gasteiger partial charge in [-0.25, -0.2) is 0 Å². The normalized spacial score (nSPS) is 9.50. The van der Waals surface area contributed by atoms with E-state index < -0.39 is 0 Å². The van der Waals surface area contributed by atoms with Crippen LogP contribution in [0.25, 0.3) is 0 Å². The van der Waals surface area contributed by atoms with Gasteiger partial charge in [-0.15, -0.1) is 0 Å². The Hall–Kier alpha value is -1.31. The molecule has 0 aliphatic rings. The van der Waals surface area contributed by atoms with Crippen LogP contribution in [-0.4, -0.2) is 6.47 Å². The molecule has 0 aromatic heterocycles. The van der Waals surface area contributed by atoms with Crippen LogP contribution in [0.2, 0.25) is 0 Å². The van der Waals surface area contributed by atoms with E-state index in [0.29, 0.717) is 12.2 Å². The van der Waals surface area contributed by atoms with Crippen molar-refractivity contribution in [1.82, 2.24) is 0 Å². The van der Waals surface area contributed by atoms with Crippen molar-refractivity contribution in [3.63, 3.8) is 0 Å². The molecule has 0 saturated heterocycles. The summed E-state index contributed by atoms with van der Waals surface area (Å²) in [6.45, 7) is 4.52. The third-order valence-electron chi connectivity index (χ3n) is 1.90. The Morgan fingerprint density at radius 2 is 2.25 bits per heavy atom. The predicted molar refractivity (Wildman–Crippen MR) is 47.2 cm³/mol. The molecule has 0 aliphatic carbocycles. The highest BCUT2D eigenvalue weighted by Gasteiger charge is 2.03. The van der Waals surface area contributed by atoms with E-state index >= 15 is 0 Å². The van der Waals surface area contributed by atoms with Crippen LogP contribution in [-0.2, 0) is 11.2 Å². The predicted octanol–water partition coefficient (Wildman–Crippen LogP) is 2.09. The number of ether oxygens (including phenoxy) is 1. The standard InChI is InChI=1S/C10H12O2/c1-3-9-8(2)5-4-6-10(9)12-7-11/h4-7H,3H2,1-2H3. The highest BCUT2D eigenvalue weighted by molar-refractivity contribution is 5.49. The van der Waals surface area contributed by atoms with Crippen LogP contribution in [0.4, 0.5) is 0 Å². The van der Waals surface area contributed by atoms with Crippen molar-refractivity contribution in [2.45, 2.75) is 20.3 Å². The fourth-order valence-corrected chi connectivity index (χ4v) is 1.29. The van der Waals surface area contributed by atoms with Gasteiger partial charge in [0.25, 0.3) is 6.47 Å². The van der Waals surface area contributed by atoms with Gasteiger partial charge in [-0.05, 0) is 30.5 Å². The molecule has 0 spiro atoms. The summed E-state index contributed by atoms with van der Waals surface area (Å²) in [5.74, 6) is 0.674. The first-order valence-electron chi connectivity index (χ1n) is 3.98. The number of hydrogen-bond donors (Lipinski definition) is 0. The van der Waals surface area contributed by atoms with Crippen molar-refractivity contribution in [3.8, 4) is 5.75 Å². The minimum Gasteiger partial charge on any atom is -0.428 e. The summed E-state index contributed by atoms with van der Waals surface area (Å²) in [7, 11) is 0. The number of hydrogen-bond acceptors (Lipinski definition) is 2. The molecule has 0 amide bonds. The molecule has 2 nitrogen and oxygen atoms in total. The number of carbonyl (C=O) groups is 1. The molecule has 1 aromatic rings. The summed E-state index contributed by atoms with van der Waals surface area (Å²) in [5, 5.41) is 0. The minimum absolute atomic E-state index is 0.466. The molecule has 0 bridgehead atoms. The summed E-state index contributed by atoms with van der Waals surface area (Å²) in [5.41, 5.74) is 2.27. The molecule has 0 N–H and O–H groups in total. The van der Waals surface area contributed by atoms with Crippen molar-refractivity contribution >= 4 is 6.47 Å². The molecule has 0 saturated carbocycles. The van der Waals surface area contributed by atoms with Gasteiger partial charge in [-0.2, -0.15) is 0 Å². The second-order valence-electron chi connectivity index (χ2n) is 2.62. The lowest BCUT2D eigenvalue weighted by Gasteiger charge is -2.07. The molecule has 0 radical (unpaired) electrons. The molecular formula is C10H12O2. The Morgan fingerprint density at radius 1 is 1.50 bits per heavy atom. The van der Waals surface area contributed by atoms with Gasteiger partial charge < -0.3 is 4.74 Å². The summed E-state index contributed by atoms with van der Waals surface area (Å²) >= 11 is 0. The van der Waals surface area contributed by atoms with E-state index in [9.17, 15) is 4.79 Å². The van der Waals surface area contributed by atoms with Crippen molar-refractivity contribution in [1.29, 1.82) is 0 Å². The summed E-state index contributed by atoms with van der Waals surface area (Å²) in [6, 6.07) is 5.70. The Bertz CT molecular complexity index is 279. The highest BCUT2D eigenvalue weighted by atomic mass is 16.5. The second kappa shape index (κ2) is 3.90. The van der Waals surface area contributed by atoms with E-state index in [-0.39, 0.29) is 0 Å². The Morgan fingerprint density at radius 3 is 2.83 bits per heavy atom. The smallest absolute Gasteiger partial charge is 0.298 e. The first kappa shape index (κ1) is 8.78. The number of benzene rings is 1. The minimum atomic E-state index is 0.466. The Kier molecular flexibility index (Phi) is 2.86. The monoisotopic (exact) mass is 164 g/mol. The van der Waals surface area contributed by atoms with Crippen LogP contribution in [0.1, 0.15) is 18.1 Å². The molecule has 0 aliphatic heterocycles. The number of aryl methyl sites for hydroxylation is 1. The third-order valence-corrected chi connectivity index (χ3v) is 1.90. The van der Waals surface area contributed by atoms with Gasteiger partial charge in [-0.1, -0.05) is 19.1 Å². The van der Waals surface area contributed by atoms with Gasteiger partial charge in [0.05, 0.1) is 0 Å². The lowest BCUT2D eigenvalue weighted by atomic mass is 10.1. The second-order valence-corrected chi connectivity index (χ2v) is 2.62. The average molecular weight is 164 g/mol. The molecule has 12 heavy (non-hydrogen) atoms. The van der Waals surface area contributed by atoms with Crippen LogP contribution in [0.5, 0.6) is 5.75 Å². The van der Waals surface area contributed by atoms with Gasteiger partial charge in [0.2, 0.25) is 0 Å². The molecule has 1 rings (SSSR count). The van der Waals surface area contributed by atoms with Crippen LogP contribution in [0.3, 0.4) is 0 Å². The molecule has 1 aromatic carbocycles. The lowest BCUT2D eigenvalue weighted by Crippen LogP contribution is -1.95. The van der Waals surface area contributed by atoms with E-state index in [1.165, 1.54) is 0 Å². The molecule has 0 heterocycles. The zero-order chi connectivity index (χ0) is 8.97. The fourth-order valence-electron chi connectivity index (χ4n) is 1.29. The largest absolute Gasteiger partial charge is 0.428 e. The van der Waals surface area contributed by atoms with Gasteiger partial charge in [0, 0.05) is 0 Å². The molecule has 0 atom stereocenters.